The second-order valence-electron chi connectivity index (χ2n) is 7.79. The number of hydrogen-bond acceptors (Lipinski definition) is 4. The summed E-state index contributed by atoms with van der Waals surface area (Å²) in [5, 5.41) is 1.91. The molecule has 152 valence electrons. The molecule has 0 saturated carbocycles. The molecule has 0 spiro atoms. The third-order valence-corrected chi connectivity index (χ3v) is 6.08. The molecule has 5 nitrogen and oxygen atoms in total. The van der Waals surface area contributed by atoms with Crippen molar-refractivity contribution in [3.63, 3.8) is 0 Å². The predicted molar refractivity (Wildman–Crippen MR) is 115 cm³/mol. The Labute approximate surface area is 174 Å². The van der Waals surface area contributed by atoms with E-state index in [9.17, 15) is 14.0 Å². The summed E-state index contributed by atoms with van der Waals surface area (Å²) >= 11 is 0. The van der Waals surface area contributed by atoms with Crippen LogP contribution in [0.25, 0.3) is 10.8 Å². The molecular weight excluding hydrogens is 381 g/mol. The van der Waals surface area contributed by atoms with E-state index in [1.165, 1.54) is 17.0 Å². The van der Waals surface area contributed by atoms with E-state index in [0.29, 0.717) is 18.8 Å². The van der Waals surface area contributed by atoms with Crippen LogP contribution in [0.5, 0.6) is 0 Å². The van der Waals surface area contributed by atoms with E-state index >= 15 is 0 Å². The summed E-state index contributed by atoms with van der Waals surface area (Å²) in [5.41, 5.74) is 1.64. The lowest BCUT2D eigenvalue weighted by atomic mass is 10.1. The van der Waals surface area contributed by atoms with Crippen LogP contribution in [0, 0.1) is 5.82 Å². The summed E-state index contributed by atoms with van der Waals surface area (Å²) < 4.78 is 13.2. The van der Waals surface area contributed by atoms with Gasteiger partial charge in [0, 0.05) is 37.3 Å². The fraction of sp³-hybridized carbons (Fsp3) is 0.250. The molecule has 0 N–H and O–H groups in total. The molecule has 0 unspecified atom stereocenters. The van der Waals surface area contributed by atoms with Crippen LogP contribution in [0.3, 0.4) is 0 Å². The Bertz CT molecular complexity index is 1100. The highest BCUT2D eigenvalue weighted by molar-refractivity contribution is 6.25. The fourth-order valence-corrected chi connectivity index (χ4v) is 4.50. The minimum Gasteiger partial charge on any atom is -0.369 e. The van der Waals surface area contributed by atoms with Crippen molar-refractivity contribution in [3.05, 3.63) is 72.5 Å². The molecule has 30 heavy (non-hydrogen) atoms. The number of anilines is 2. The van der Waals surface area contributed by atoms with E-state index in [-0.39, 0.29) is 24.1 Å². The van der Waals surface area contributed by atoms with E-state index in [1.54, 1.807) is 12.1 Å². The number of halogens is 1. The Morgan fingerprint density at radius 1 is 0.800 bits per heavy atom. The number of carbonyl (C=O) groups is 2. The lowest BCUT2D eigenvalue weighted by Gasteiger charge is -2.38. The molecule has 2 heterocycles. The molecule has 6 heteroatoms. The number of hydrogen-bond donors (Lipinski definition) is 0. The Hall–Kier alpha value is -3.25. The number of imide groups is 1. The van der Waals surface area contributed by atoms with Crippen LogP contribution in [-0.2, 0) is 9.59 Å². The molecule has 0 radical (unpaired) electrons. The lowest BCUT2D eigenvalue weighted by Crippen LogP contribution is -2.52. The summed E-state index contributed by atoms with van der Waals surface area (Å²) in [6.45, 7) is 2.84. The zero-order valence-corrected chi connectivity index (χ0v) is 16.5. The lowest BCUT2D eigenvalue weighted by molar-refractivity contribution is -0.123. The van der Waals surface area contributed by atoms with Gasteiger partial charge in [-0.3, -0.25) is 14.5 Å². The van der Waals surface area contributed by atoms with E-state index in [0.717, 1.165) is 29.5 Å². The van der Waals surface area contributed by atoms with E-state index in [1.807, 2.05) is 42.5 Å². The first kappa shape index (κ1) is 18.8. The first-order valence-electron chi connectivity index (χ1n) is 10.2. The molecule has 2 amide bonds. The van der Waals surface area contributed by atoms with Gasteiger partial charge in [0.2, 0.25) is 5.91 Å². The second kappa shape index (κ2) is 7.54. The number of carbonyl (C=O) groups excluding carboxylic acids is 2. The van der Waals surface area contributed by atoms with Gasteiger partial charge >= 0.3 is 0 Å². The average molecular weight is 403 g/mol. The summed E-state index contributed by atoms with van der Waals surface area (Å²) in [6, 6.07) is 19.5. The first-order valence-corrected chi connectivity index (χ1v) is 10.2. The molecule has 3 aromatic rings. The van der Waals surface area contributed by atoms with Gasteiger partial charge in [-0.25, -0.2) is 9.29 Å². The van der Waals surface area contributed by atoms with Crippen LogP contribution in [-0.4, -0.2) is 48.9 Å². The van der Waals surface area contributed by atoms with Gasteiger partial charge in [0.1, 0.15) is 5.82 Å². The standard InChI is InChI=1S/C24H22FN3O2/c25-18-8-10-19(11-9-18)26-12-14-27(15-13-26)22-16-23(29)28(24(22)30)21-7-3-5-17-4-1-2-6-20(17)21/h1-11,22H,12-16H2/t22-/m1/s1. The number of piperazine rings is 1. The molecular formula is C24H22FN3O2. The maximum absolute atomic E-state index is 13.3. The second-order valence-corrected chi connectivity index (χ2v) is 7.79. The third kappa shape index (κ3) is 3.23. The first-order chi connectivity index (χ1) is 14.6. The van der Waals surface area contributed by atoms with Crippen LogP contribution in [0.1, 0.15) is 6.42 Å². The Balaban J connectivity index is 1.33. The van der Waals surface area contributed by atoms with Crippen molar-refractivity contribution >= 4 is 34.0 Å². The number of benzene rings is 3. The van der Waals surface area contributed by atoms with Crippen LogP contribution >= 0.6 is 0 Å². The van der Waals surface area contributed by atoms with E-state index in [4.69, 9.17) is 0 Å². The topological polar surface area (TPSA) is 43.9 Å². The van der Waals surface area contributed by atoms with Crippen LogP contribution in [0.15, 0.2) is 66.7 Å². The van der Waals surface area contributed by atoms with Crippen molar-refractivity contribution < 1.29 is 14.0 Å². The minimum atomic E-state index is -0.424. The van der Waals surface area contributed by atoms with Gasteiger partial charge < -0.3 is 4.90 Å². The molecule has 2 aliphatic heterocycles. The molecule has 3 aromatic carbocycles. The van der Waals surface area contributed by atoms with Gasteiger partial charge in [0.15, 0.2) is 0 Å². The Kier molecular flexibility index (Phi) is 4.71. The molecule has 2 aliphatic rings. The summed E-state index contributed by atoms with van der Waals surface area (Å²) in [4.78, 5) is 31.7. The van der Waals surface area contributed by atoms with Crippen LogP contribution in [0.4, 0.5) is 15.8 Å². The zero-order valence-electron chi connectivity index (χ0n) is 16.5. The maximum atomic E-state index is 13.3. The number of nitrogens with zero attached hydrogens (tertiary/aromatic N) is 3. The fourth-order valence-electron chi connectivity index (χ4n) is 4.50. The largest absolute Gasteiger partial charge is 0.369 e. The average Bonchev–Trinajstić information content (AvgIpc) is 3.08. The number of amides is 2. The molecule has 1 atom stereocenters. The summed E-state index contributed by atoms with van der Waals surface area (Å²) in [6.07, 6.45) is 0.207. The highest BCUT2D eigenvalue weighted by Crippen LogP contribution is 2.32. The summed E-state index contributed by atoms with van der Waals surface area (Å²) in [5.74, 6) is -0.546. The quantitative estimate of drug-likeness (QED) is 0.629. The highest BCUT2D eigenvalue weighted by Gasteiger charge is 2.43. The Morgan fingerprint density at radius 3 is 2.27 bits per heavy atom. The van der Waals surface area contributed by atoms with Crippen LogP contribution in [0.2, 0.25) is 0 Å². The zero-order chi connectivity index (χ0) is 20.7. The smallest absolute Gasteiger partial charge is 0.251 e. The minimum absolute atomic E-state index is 0.147. The predicted octanol–water partition coefficient (Wildman–Crippen LogP) is 3.43. The molecule has 0 aromatic heterocycles. The summed E-state index contributed by atoms with van der Waals surface area (Å²) in [7, 11) is 0. The third-order valence-electron chi connectivity index (χ3n) is 6.08. The monoisotopic (exact) mass is 403 g/mol. The van der Waals surface area contributed by atoms with Crippen LogP contribution < -0.4 is 9.80 Å². The van der Waals surface area contributed by atoms with Gasteiger partial charge in [0.05, 0.1) is 18.2 Å². The van der Waals surface area contributed by atoms with Crippen molar-refractivity contribution in [2.45, 2.75) is 12.5 Å². The molecule has 0 bridgehead atoms. The molecule has 5 rings (SSSR count). The Morgan fingerprint density at radius 2 is 1.50 bits per heavy atom. The number of fused-ring (bicyclic) bond motifs is 1. The van der Waals surface area contributed by atoms with E-state index in [2.05, 4.69) is 9.80 Å². The van der Waals surface area contributed by atoms with Gasteiger partial charge in [-0.1, -0.05) is 36.4 Å². The van der Waals surface area contributed by atoms with Crippen molar-refractivity contribution in [2.24, 2.45) is 0 Å². The van der Waals surface area contributed by atoms with Gasteiger partial charge in [0.25, 0.3) is 5.91 Å². The molecule has 2 saturated heterocycles. The highest BCUT2D eigenvalue weighted by atomic mass is 19.1. The molecule has 2 fully saturated rings. The van der Waals surface area contributed by atoms with Crippen molar-refractivity contribution in [2.75, 3.05) is 36.0 Å². The van der Waals surface area contributed by atoms with Crippen molar-refractivity contribution in [3.8, 4) is 0 Å². The SMILES string of the molecule is O=C1C[C@@H](N2CCN(c3ccc(F)cc3)CC2)C(=O)N1c1cccc2ccccc12. The normalized spacial score (nSPS) is 20.4. The molecule has 0 aliphatic carbocycles. The van der Waals surface area contributed by atoms with Crippen molar-refractivity contribution in [1.82, 2.24) is 4.90 Å². The van der Waals surface area contributed by atoms with Crippen molar-refractivity contribution in [1.29, 1.82) is 0 Å². The van der Waals surface area contributed by atoms with Gasteiger partial charge in [-0.2, -0.15) is 0 Å². The van der Waals surface area contributed by atoms with E-state index < -0.39 is 6.04 Å². The number of rotatable bonds is 3. The maximum Gasteiger partial charge on any atom is 0.251 e. The van der Waals surface area contributed by atoms with Gasteiger partial charge in [-0.15, -0.1) is 0 Å². The van der Waals surface area contributed by atoms with Gasteiger partial charge in [-0.05, 0) is 35.7 Å².